The maximum absolute atomic E-state index is 9.89. The minimum Gasteiger partial charge on any atom is -0.504 e. The summed E-state index contributed by atoms with van der Waals surface area (Å²) < 4.78 is 5.21. The number of aromatic hydroxyl groups is 2. The minimum absolute atomic E-state index is 0.00726. The summed E-state index contributed by atoms with van der Waals surface area (Å²) in [6.45, 7) is 6.66. The number of phenols is 2. The van der Waals surface area contributed by atoms with Crippen LogP contribution in [-0.4, -0.2) is 54.4 Å². The van der Waals surface area contributed by atoms with Gasteiger partial charge in [-0.25, -0.2) is 0 Å². The standard InChI is InChI=1S/C28H42N2O3/c1-3-17-30(25-11-10-23-20-27(31)28(32)21-24(23)19-25)18-7-5-4-6-15-29-16-14-22-8-12-26(33-2)13-9-22/h8-9,12-13,20-21,25,29,31-32H,3-7,10-11,14-19H2,1-2H3. The normalized spacial score (nSPS) is 15.5. The Bertz CT molecular complexity index is 838. The van der Waals surface area contributed by atoms with Gasteiger partial charge in [-0.15, -0.1) is 0 Å². The molecule has 0 aromatic heterocycles. The van der Waals surface area contributed by atoms with Crippen LogP contribution in [0.25, 0.3) is 0 Å². The van der Waals surface area contributed by atoms with E-state index in [4.69, 9.17) is 4.74 Å². The quantitative estimate of drug-likeness (QED) is 0.275. The molecule has 0 spiro atoms. The van der Waals surface area contributed by atoms with E-state index in [1.165, 1.54) is 48.8 Å². The van der Waals surface area contributed by atoms with E-state index in [0.717, 1.165) is 57.6 Å². The SMILES string of the molecule is CCCN(CCCCCCNCCc1ccc(OC)cc1)C1CCc2cc(O)c(O)cc2C1. The van der Waals surface area contributed by atoms with Gasteiger partial charge >= 0.3 is 0 Å². The second kappa shape index (κ2) is 13.5. The molecule has 0 aliphatic heterocycles. The van der Waals surface area contributed by atoms with Crippen molar-refractivity contribution in [1.29, 1.82) is 0 Å². The summed E-state index contributed by atoms with van der Waals surface area (Å²) in [6.07, 6.45) is 10.3. The first-order valence-corrected chi connectivity index (χ1v) is 12.7. The first kappa shape index (κ1) is 25.4. The molecule has 2 aromatic rings. The van der Waals surface area contributed by atoms with Crippen LogP contribution in [0.2, 0.25) is 0 Å². The number of ether oxygens (including phenoxy) is 1. The number of unbranched alkanes of at least 4 members (excludes halogenated alkanes) is 3. The van der Waals surface area contributed by atoms with Gasteiger partial charge in [-0.2, -0.15) is 0 Å². The van der Waals surface area contributed by atoms with Gasteiger partial charge in [0.1, 0.15) is 5.75 Å². The number of nitrogens with zero attached hydrogens (tertiary/aromatic N) is 1. The highest BCUT2D eigenvalue weighted by Crippen LogP contribution is 2.33. The number of fused-ring (bicyclic) bond motifs is 1. The van der Waals surface area contributed by atoms with Crippen LogP contribution >= 0.6 is 0 Å². The summed E-state index contributed by atoms with van der Waals surface area (Å²) in [5, 5.41) is 23.2. The number of phenolic OH excluding ortho intramolecular Hbond substituents is 2. The molecule has 3 rings (SSSR count). The molecule has 1 unspecified atom stereocenters. The van der Waals surface area contributed by atoms with Crippen LogP contribution in [0.5, 0.6) is 17.2 Å². The maximum atomic E-state index is 9.89. The number of hydrogen-bond acceptors (Lipinski definition) is 5. The lowest BCUT2D eigenvalue weighted by Gasteiger charge is -2.35. The molecule has 5 nitrogen and oxygen atoms in total. The van der Waals surface area contributed by atoms with Crippen LogP contribution in [0, 0.1) is 0 Å². The smallest absolute Gasteiger partial charge is 0.157 e. The number of hydrogen-bond donors (Lipinski definition) is 3. The summed E-state index contributed by atoms with van der Waals surface area (Å²) in [7, 11) is 1.70. The van der Waals surface area contributed by atoms with Gasteiger partial charge in [0.2, 0.25) is 0 Å². The molecule has 5 heteroatoms. The van der Waals surface area contributed by atoms with Crippen molar-refractivity contribution in [3.63, 3.8) is 0 Å². The highest BCUT2D eigenvalue weighted by Gasteiger charge is 2.24. The molecule has 1 atom stereocenters. The Balaban J connectivity index is 1.29. The highest BCUT2D eigenvalue weighted by atomic mass is 16.5. The van der Waals surface area contributed by atoms with Crippen molar-refractivity contribution in [3.05, 3.63) is 53.1 Å². The van der Waals surface area contributed by atoms with E-state index in [9.17, 15) is 10.2 Å². The summed E-state index contributed by atoms with van der Waals surface area (Å²) in [5.41, 5.74) is 3.73. The summed E-state index contributed by atoms with van der Waals surface area (Å²) >= 11 is 0. The Kier molecular flexibility index (Phi) is 10.4. The van der Waals surface area contributed by atoms with Crippen molar-refractivity contribution in [2.75, 3.05) is 33.3 Å². The summed E-state index contributed by atoms with van der Waals surface area (Å²) in [5.74, 6) is 0.930. The van der Waals surface area contributed by atoms with Gasteiger partial charge in [0.15, 0.2) is 11.5 Å². The van der Waals surface area contributed by atoms with E-state index >= 15 is 0 Å². The zero-order valence-corrected chi connectivity index (χ0v) is 20.5. The number of methoxy groups -OCH3 is 1. The fourth-order valence-corrected chi connectivity index (χ4v) is 4.91. The Morgan fingerprint density at radius 1 is 0.939 bits per heavy atom. The van der Waals surface area contributed by atoms with Crippen molar-refractivity contribution in [3.8, 4) is 17.2 Å². The monoisotopic (exact) mass is 454 g/mol. The number of benzene rings is 2. The third-order valence-corrected chi connectivity index (χ3v) is 6.82. The van der Waals surface area contributed by atoms with Crippen LogP contribution < -0.4 is 10.1 Å². The summed E-state index contributed by atoms with van der Waals surface area (Å²) in [6, 6.07) is 12.4. The van der Waals surface area contributed by atoms with Gasteiger partial charge in [-0.1, -0.05) is 31.9 Å². The molecule has 1 aliphatic carbocycles. The van der Waals surface area contributed by atoms with Crippen LogP contribution in [0.15, 0.2) is 36.4 Å². The van der Waals surface area contributed by atoms with Crippen LogP contribution in [0.4, 0.5) is 0 Å². The second-order valence-corrected chi connectivity index (χ2v) is 9.30. The molecular formula is C28H42N2O3. The molecule has 182 valence electrons. The van der Waals surface area contributed by atoms with E-state index in [1.807, 2.05) is 12.1 Å². The predicted molar refractivity (Wildman–Crippen MR) is 135 cm³/mol. The van der Waals surface area contributed by atoms with Gasteiger partial charge in [-0.05, 0) is 112 Å². The molecule has 0 amide bonds. The van der Waals surface area contributed by atoms with Crippen molar-refractivity contribution < 1.29 is 14.9 Å². The van der Waals surface area contributed by atoms with Crippen LogP contribution in [-0.2, 0) is 19.3 Å². The Labute approximate surface area is 199 Å². The molecule has 0 saturated carbocycles. The van der Waals surface area contributed by atoms with E-state index in [0.29, 0.717) is 6.04 Å². The lowest BCUT2D eigenvalue weighted by atomic mass is 9.87. The molecule has 33 heavy (non-hydrogen) atoms. The molecule has 0 heterocycles. The molecular weight excluding hydrogens is 412 g/mol. The third-order valence-electron chi connectivity index (χ3n) is 6.82. The number of aryl methyl sites for hydroxylation is 1. The molecule has 2 aromatic carbocycles. The highest BCUT2D eigenvalue weighted by molar-refractivity contribution is 5.46. The van der Waals surface area contributed by atoms with E-state index < -0.39 is 0 Å². The van der Waals surface area contributed by atoms with Crippen molar-refractivity contribution >= 4 is 0 Å². The topological polar surface area (TPSA) is 65.0 Å². The maximum Gasteiger partial charge on any atom is 0.157 e. The molecule has 3 N–H and O–H groups in total. The first-order valence-electron chi connectivity index (χ1n) is 12.7. The Morgan fingerprint density at radius 2 is 1.67 bits per heavy atom. The first-order chi connectivity index (χ1) is 16.1. The third kappa shape index (κ3) is 7.94. The van der Waals surface area contributed by atoms with Crippen LogP contribution in [0.3, 0.4) is 0 Å². The zero-order valence-electron chi connectivity index (χ0n) is 20.5. The van der Waals surface area contributed by atoms with Gasteiger partial charge in [0, 0.05) is 6.04 Å². The van der Waals surface area contributed by atoms with Gasteiger partial charge < -0.3 is 25.2 Å². The number of nitrogens with one attached hydrogen (secondary N) is 1. The van der Waals surface area contributed by atoms with Crippen molar-refractivity contribution in [1.82, 2.24) is 10.2 Å². The molecule has 0 radical (unpaired) electrons. The molecule has 0 saturated heterocycles. The van der Waals surface area contributed by atoms with Gasteiger partial charge in [0.25, 0.3) is 0 Å². The molecule has 1 aliphatic rings. The minimum atomic E-state index is 0.00726. The van der Waals surface area contributed by atoms with Crippen molar-refractivity contribution in [2.24, 2.45) is 0 Å². The van der Waals surface area contributed by atoms with Crippen molar-refractivity contribution in [2.45, 2.75) is 70.8 Å². The largest absolute Gasteiger partial charge is 0.504 e. The van der Waals surface area contributed by atoms with Crippen LogP contribution in [0.1, 0.15) is 62.1 Å². The Hall–Kier alpha value is -2.24. The van der Waals surface area contributed by atoms with E-state index in [1.54, 1.807) is 19.2 Å². The molecule has 0 fully saturated rings. The van der Waals surface area contributed by atoms with Gasteiger partial charge in [-0.3, -0.25) is 0 Å². The molecule has 0 bridgehead atoms. The Morgan fingerprint density at radius 3 is 2.39 bits per heavy atom. The average molecular weight is 455 g/mol. The zero-order chi connectivity index (χ0) is 23.5. The predicted octanol–water partition coefficient (Wildman–Crippen LogP) is 5.07. The average Bonchev–Trinajstić information content (AvgIpc) is 2.83. The fourth-order valence-electron chi connectivity index (χ4n) is 4.91. The van der Waals surface area contributed by atoms with E-state index in [-0.39, 0.29) is 11.5 Å². The lowest BCUT2D eigenvalue weighted by molar-refractivity contribution is 0.176. The second-order valence-electron chi connectivity index (χ2n) is 9.30. The van der Waals surface area contributed by atoms with Gasteiger partial charge in [0.05, 0.1) is 7.11 Å². The fraction of sp³-hybridized carbons (Fsp3) is 0.571. The van der Waals surface area contributed by atoms with E-state index in [2.05, 4.69) is 29.3 Å². The lowest BCUT2D eigenvalue weighted by Crippen LogP contribution is -2.40. The number of rotatable bonds is 14. The summed E-state index contributed by atoms with van der Waals surface area (Å²) in [4.78, 5) is 2.65.